The number of aliphatic imine (C=N–C) groups is 1. The number of urea groups is 1. The number of hydrogen-bond donors (Lipinski definition) is 2. The first kappa shape index (κ1) is 29.0. The van der Waals surface area contributed by atoms with E-state index in [9.17, 15) is 23.9 Å². The zero-order chi connectivity index (χ0) is 29.5. The fraction of sp³-hybridized carbons (Fsp3) is 0.444. The highest BCUT2D eigenvalue weighted by molar-refractivity contribution is 7.11. The van der Waals surface area contributed by atoms with Gasteiger partial charge >= 0.3 is 18.0 Å². The second-order valence-electron chi connectivity index (χ2n) is 10.8. The molecular formula is C27H30ClFN6O5S. The van der Waals surface area contributed by atoms with E-state index in [1.54, 1.807) is 41.3 Å². The van der Waals surface area contributed by atoms with Crippen LogP contribution in [-0.4, -0.2) is 101 Å². The van der Waals surface area contributed by atoms with Crippen molar-refractivity contribution in [1.29, 1.82) is 0 Å². The van der Waals surface area contributed by atoms with Crippen molar-refractivity contribution in [3.05, 3.63) is 62.5 Å². The smallest absolute Gasteiger partial charge is 0.338 e. The van der Waals surface area contributed by atoms with Gasteiger partial charge in [-0.2, -0.15) is 0 Å². The Bertz CT molecular complexity index is 1430. The van der Waals surface area contributed by atoms with Crippen molar-refractivity contribution in [3.8, 4) is 0 Å². The maximum Gasteiger partial charge on any atom is 0.338 e. The van der Waals surface area contributed by atoms with E-state index in [1.165, 1.54) is 30.6 Å². The summed E-state index contributed by atoms with van der Waals surface area (Å²) in [6, 6.07) is 3.12. The van der Waals surface area contributed by atoms with Gasteiger partial charge in [-0.25, -0.2) is 19.0 Å². The zero-order valence-electron chi connectivity index (χ0n) is 22.8. The molecule has 3 aliphatic heterocycles. The molecule has 1 aromatic heterocycles. The lowest BCUT2D eigenvalue weighted by Crippen LogP contribution is -2.53. The molecule has 1 aromatic carbocycles. The molecular weight excluding hydrogens is 575 g/mol. The summed E-state index contributed by atoms with van der Waals surface area (Å²) in [5.41, 5.74) is -0.0308. The van der Waals surface area contributed by atoms with Crippen LogP contribution in [0.3, 0.4) is 0 Å². The van der Waals surface area contributed by atoms with Gasteiger partial charge in [0.15, 0.2) is 10.8 Å². The summed E-state index contributed by atoms with van der Waals surface area (Å²) >= 11 is 7.73. The molecule has 2 N–H and O–H groups in total. The van der Waals surface area contributed by atoms with Crippen molar-refractivity contribution in [2.24, 2.45) is 10.4 Å². The maximum atomic E-state index is 14.5. The van der Waals surface area contributed by atoms with E-state index in [-0.39, 0.29) is 35.8 Å². The molecule has 2 saturated heterocycles. The lowest BCUT2D eigenvalue weighted by molar-refractivity contribution is -0.147. The molecule has 0 aliphatic carbocycles. The number of carboxylic acids is 1. The fourth-order valence-electron chi connectivity index (χ4n) is 5.36. The lowest BCUT2D eigenvalue weighted by atomic mass is 9.93. The number of amidine groups is 1. The monoisotopic (exact) mass is 604 g/mol. The van der Waals surface area contributed by atoms with Crippen LogP contribution in [0.1, 0.15) is 30.5 Å². The van der Waals surface area contributed by atoms with Crippen LogP contribution in [0, 0.1) is 11.2 Å². The fourth-order valence-corrected chi connectivity index (χ4v) is 6.18. The summed E-state index contributed by atoms with van der Waals surface area (Å²) < 4.78 is 19.6. The predicted octanol–water partition coefficient (Wildman–Crippen LogP) is 2.99. The Morgan fingerprint density at radius 1 is 1.29 bits per heavy atom. The van der Waals surface area contributed by atoms with Gasteiger partial charge in [0.1, 0.15) is 11.9 Å². The topological polar surface area (TPSA) is 128 Å². The maximum absolute atomic E-state index is 14.5. The second kappa shape index (κ2) is 11.4. The molecule has 5 rings (SSSR count). The van der Waals surface area contributed by atoms with E-state index in [0.29, 0.717) is 48.3 Å². The average molecular weight is 605 g/mol. The number of hydrogen-bond acceptors (Lipinski definition) is 9. The Labute approximate surface area is 245 Å². The van der Waals surface area contributed by atoms with E-state index in [1.807, 2.05) is 0 Å². The number of aromatic nitrogens is 1. The Morgan fingerprint density at radius 3 is 2.76 bits per heavy atom. The molecule has 0 bridgehead atoms. The van der Waals surface area contributed by atoms with Crippen molar-refractivity contribution in [3.63, 3.8) is 0 Å². The van der Waals surface area contributed by atoms with Crippen molar-refractivity contribution in [2.75, 3.05) is 46.4 Å². The van der Waals surface area contributed by atoms with Gasteiger partial charge in [-0.3, -0.25) is 14.7 Å². The molecule has 0 saturated carbocycles. The third kappa shape index (κ3) is 5.66. The third-order valence-corrected chi connectivity index (χ3v) is 8.68. The molecule has 2 fully saturated rings. The summed E-state index contributed by atoms with van der Waals surface area (Å²) in [5, 5.41) is 15.1. The van der Waals surface area contributed by atoms with Crippen molar-refractivity contribution in [1.82, 2.24) is 25.0 Å². The van der Waals surface area contributed by atoms with Crippen LogP contribution in [0.15, 0.2) is 46.0 Å². The molecule has 2 atom stereocenters. The number of carbonyl (C=O) groups is 3. The molecule has 1 unspecified atom stereocenters. The van der Waals surface area contributed by atoms with Crippen LogP contribution < -0.4 is 5.32 Å². The first-order chi connectivity index (χ1) is 19.5. The standard InChI is InChI=1S/C27H30ClFN6O5S/c1-27(2,25(37)38)14-34-12-15-11-33(8-9-35(15)26(34)39)13-18-19(24(36)40-3)21(16-5-4-6-17(29)20(16)28)32-22(31-18)23-30-7-10-41-23/h4-7,10,15,21H,8-9,11-14H2,1-3H3,(H,31,32)(H,37,38)/t15?,21-/m0/s1. The van der Waals surface area contributed by atoms with E-state index < -0.39 is 29.2 Å². The number of thiazole rings is 1. The zero-order valence-corrected chi connectivity index (χ0v) is 24.3. The highest BCUT2D eigenvalue weighted by atomic mass is 35.5. The van der Waals surface area contributed by atoms with Gasteiger partial charge in [0.05, 0.1) is 29.2 Å². The molecule has 2 aromatic rings. The third-order valence-electron chi connectivity index (χ3n) is 7.50. The molecule has 41 heavy (non-hydrogen) atoms. The largest absolute Gasteiger partial charge is 0.481 e. The van der Waals surface area contributed by atoms with Gasteiger partial charge in [-0.1, -0.05) is 23.7 Å². The quantitative estimate of drug-likeness (QED) is 0.440. The number of esters is 1. The summed E-state index contributed by atoms with van der Waals surface area (Å²) in [6.45, 7) is 5.47. The number of piperazine rings is 1. The number of halogens is 2. The van der Waals surface area contributed by atoms with Gasteiger partial charge in [-0.05, 0) is 19.9 Å². The van der Waals surface area contributed by atoms with Crippen LogP contribution in [0.5, 0.6) is 0 Å². The molecule has 2 amide bonds. The van der Waals surface area contributed by atoms with Crippen LogP contribution in [0.2, 0.25) is 5.02 Å². The Morgan fingerprint density at radius 2 is 2.07 bits per heavy atom. The van der Waals surface area contributed by atoms with Gasteiger partial charge in [0, 0.05) is 62.1 Å². The first-order valence-electron chi connectivity index (χ1n) is 13.0. The van der Waals surface area contributed by atoms with Gasteiger partial charge in [-0.15, -0.1) is 11.3 Å². The predicted molar refractivity (Wildman–Crippen MR) is 150 cm³/mol. The number of methoxy groups -OCH3 is 1. The number of ether oxygens (including phenoxy) is 1. The van der Waals surface area contributed by atoms with Crippen molar-refractivity contribution >= 4 is 46.7 Å². The first-order valence-corrected chi connectivity index (χ1v) is 14.3. The Balaban J connectivity index is 1.44. The SMILES string of the molecule is COC(=O)C1=C(CN2CCN3C(=O)N(CC(C)(C)C(=O)O)CC3C2)NC(c2nccs2)=N[C@H]1c1cccc(F)c1Cl. The van der Waals surface area contributed by atoms with Crippen LogP contribution >= 0.6 is 22.9 Å². The minimum absolute atomic E-state index is 0.108. The number of carbonyl (C=O) groups excluding carboxylic acids is 2. The van der Waals surface area contributed by atoms with Crippen molar-refractivity contribution < 1.29 is 28.6 Å². The summed E-state index contributed by atoms with van der Waals surface area (Å²) in [5.74, 6) is -1.80. The van der Waals surface area contributed by atoms with Crippen LogP contribution in [0.25, 0.3) is 0 Å². The number of fused-ring (bicyclic) bond motifs is 1. The number of benzene rings is 1. The molecule has 11 nitrogen and oxygen atoms in total. The van der Waals surface area contributed by atoms with E-state index >= 15 is 0 Å². The van der Waals surface area contributed by atoms with E-state index in [0.717, 1.165) is 0 Å². The summed E-state index contributed by atoms with van der Waals surface area (Å²) in [4.78, 5) is 52.4. The van der Waals surface area contributed by atoms with Gasteiger partial charge < -0.3 is 25.0 Å². The number of carboxylic acid groups (broad SMARTS) is 1. The molecule has 4 heterocycles. The second-order valence-corrected chi connectivity index (χ2v) is 12.1. The van der Waals surface area contributed by atoms with Gasteiger partial charge in [0.2, 0.25) is 0 Å². The average Bonchev–Trinajstić information content (AvgIpc) is 3.58. The Kier molecular flexibility index (Phi) is 8.04. The normalized spacial score (nSPS) is 21.5. The Hall–Kier alpha value is -3.55. The summed E-state index contributed by atoms with van der Waals surface area (Å²) in [6.07, 6.45) is 1.64. The number of rotatable bonds is 8. The van der Waals surface area contributed by atoms with Gasteiger partial charge in [0.25, 0.3) is 0 Å². The highest BCUT2D eigenvalue weighted by Gasteiger charge is 2.44. The molecule has 14 heteroatoms. The van der Waals surface area contributed by atoms with Crippen molar-refractivity contribution in [2.45, 2.75) is 25.9 Å². The molecule has 218 valence electrons. The number of nitrogens with zero attached hydrogens (tertiary/aromatic N) is 5. The minimum Gasteiger partial charge on any atom is -0.481 e. The number of nitrogens with one attached hydrogen (secondary N) is 1. The number of aliphatic carboxylic acids is 1. The number of amides is 2. The minimum atomic E-state index is -1.07. The van der Waals surface area contributed by atoms with E-state index in [4.69, 9.17) is 21.3 Å². The van der Waals surface area contributed by atoms with E-state index in [2.05, 4.69) is 15.2 Å². The highest BCUT2D eigenvalue weighted by Crippen LogP contribution is 2.37. The molecule has 3 aliphatic rings. The summed E-state index contributed by atoms with van der Waals surface area (Å²) in [7, 11) is 1.27. The molecule has 0 radical (unpaired) electrons. The molecule has 0 spiro atoms. The van der Waals surface area contributed by atoms with Crippen LogP contribution in [0.4, 0.5) is 9.18 Å². The lowest BCUT2D eigenvalue weighted by Gasteiger charge is -2.38. The van der Waals surface area contributed by atoms with Crippen LogP contribution in [-0.2, 0) is 14.3 Å².